The summed E-state index contributed by atoms with van der Waals surface area (Å²) >= 11 is 6.29. The van der Waals surface area contributed by atoms with Gasteiger partial charge in [-0.3, -0.25) is 24.3 Å². The molecule has 4 rings (SSSR count). The van der Waals surface area contributed by atoms with Gasteiger partial charge in [0.2, 0.25) is 11.8 Å². The lowest BCUT2D eigenvalue weighted by Crippen LogP contribution is -2.43. The molecule has 3 amide bonds. The molecule has 0 aliphatic carbocycles. The molecular formula is C32H39ClN5O9P. The number of likely N-dealkylation sites (N-methyl/N-ethyl adjacent to an activating group) is 1. The summed E-state index contributed by atoms with van der Waals surface area (Å²) in [6, 6.07) is 14.6. The molecule has 48 heavy (non-hydrogen) atoms. The number of hydrogen-bond donors (Lipinski definition) is 5. The average molecular weight is 704 g/mol. The molecule has 1 heterocycles. The van der Waals surface area contributed by atoms with Gasteiger partial charge in [0.25, 0.3) is 0 Å². The third kappa shape index (κ3) is 9.31. The Balaban J connectivity index is 1.43. The van der Waals surface area contributed by atoms with Crippen molar-refractivity contribution in [3.63, 3.8) is 0 Å². The first-order valence-corrected chi connectivity index (χ1v) is 17.3. The van der Waals surface area contributed by atoms with E-state index in [1.54, 1.807) is 55.6 Å². The third-order valence-electron chi connectivity index (χ3n) is 7.88. The van der Waals surface area contributed by atoms with Gasteiger partial charge in [-0.2, -0.15) is 0 Å². The Hall–Kier alpha value is -4.04. The highest BCUT2D eigenvalue weighted by atomic mass is 35.5. The number of nitrogens with zero attached hydrogens (tertiary/aromatic N) is 2. The van der Waals surface area contributed by atoms with Crippen molar-refractivity contribution in [2.75, 3.05) is 56.4 Å². The number of anilines is 2. The Morgan fingerprint density at radius 1 is 1.12 bits per heavy atom. The summed E-state index contributed by atoms with van der Waals surface area (Å²) in [4.78, 5) is 72.0. The maximum atomic E-state index is 13.6. The monoisotopic (exact) mass is 703 g/mol. The van der Waals surface area contributed by atoms with Crippen molar-refractivity contribution in [2.45, 2.75) is 31.4 Å². The number of benzene rings is 3. The van der Waals surface area contributed by atoms with E-state index < -0.39 is 32.9 Å². The summed E-state index contributed by atoms with van der Waals surface area (Å²) < 4.78 is 22.1. The molecule has 16 heteroatoms. The van der Waals surface area contributed by atoms with Crippen LogP contribution in [0.3, 0.4) is 0 Å². The number of carbonyl (C=O) groups excluding carboxylic acids is 4. The predicted octanol–water partition coefficient (Wildman–Crippen LogP) is 3.34. The van der Waals surface area contributed by atoms with Crippen LogP contribution in [0.25, 0.3) is 10.8 Å². The van der Waals surface area contributed by atoms with Crippen LogP contribution in [0.1, 0.15) is 29.9 Å². The summed E-state index contributed by atoms with van der Waals surface area (Å²) in [6.07, 6.45) is 1.07. The van der Waals surface area contributed by atoms with E-state index in [1.165, 1.54) is 11.0 Å². The van der Waals surface area contributed by atoms with E-state index in [1.807, 2.05) is 7.05 Å². The van der Waals surface area contributed by atoms with Gasteiger partial charge in [0, 0.05) is 35.5 Å². The largest absolute Gasteiger partial charge is 0.524 e. The second-order valence-corrected chi connectivity index (χ2v) is 12.6. The molecule has 5 N–H and O–H groups in total. The van der Waals surface area contributed by atoms with Gasteiger partial charge in [-0.25, -0.2) is 9.36 Å². The maximum Gasteiger partial charge on any atom is 0.524 e. The highest BCUT2D eigenvalue weighted by Crippen LogP contribution is 2.49. The number of halogens is 1. The molecule has 0 spiro atoms. The van der Waals surface area contributed by atoms with Crippen molar-refractivity contribution in [1.29, 1.82) is 0 Å². The fourth-order valence-corrected chi connectivity index (χ4v) is 6.22. The number of hydrogen-bond acceptors (Lipinski definition) is 9. The lowest BCUT2D eigenvalue weighted by molar-refractivity contribution is -0.120. The first-order chi connectivity index (χ1) is 23.0. The van der Waals surface area contributed by atoms with Crippen molar-refractivity contribution in [3.05, 3.63) is 65.7 Å². The van der Waals surface area contributed by atoms with Crippen molar-refractivity contribution < 1.29 is 42.8 Å². The molecule has 1 aliphatic heterocycles. The summed E-state index contributed by atoms with van der Waals surface area (Å²) in [5, 5.41) is 9.97. The minimum atomic E-state index is -4.94. The Kier molecular flexibility index (Phi) is 12.9. The number of nitrogens with one attached hydrogen (secondary N) is 3. The highest BCUT2D eigenvalue weighted by Gasteiger charge is 2.36. The van der Waals surface area contributed by atoms with E-state index >= 15 is 0 Å². The molecule has 2 atom stereocenters. The molecule has 1 unspecified atom stereocenters. The Morgan fingerprint density at radius 3 is 2.46 bits per heavy atom. The zero-order chi connectivity index (χ0) is 34.8. The quantitative estimate of drug-likeness (QED) is 0.0638. The number of aldehydes is 1. The molecule has 3 aromatic rings. The van der Waals surface area contributed by atoms with E-state index in [0.29, 0.717) is 46.0 Å². The van der Waals surface area contributed by atoms with Crippen LogP contribution < -0.4 is 25.4 Å². The van der Waals surface area contributed by atoms with Crippen LogP contribution in [0, 0.1) is 0 Å². The Bertz CT molecular complexity index is 1670. The number of rotatable bonds is 16. The highest BCUT2D eigenvalue weighted by molar-refractivity contribution is 7.46. The topological polar surface area (TPSA) is 187 Å². The Morgan fingerprint density at radius 2 is 1.83 bits per heavy atom. The van der Waals surface area contributed by atoms with Crippen molar-refractivity contribution >= 4 is 65.8 Å². The van der Waals surface area contributed by atoms with E-state index in [9.17, 15) is 33.5 Å². The smallest absolute Gasteiger partial charge is 0.445 e. The van der Waals surface area contributed by atoms with Crippen LogP contribution in [-0.4, -0.2) is 91.1 Å². The SMILES string of the molecule is CNCCC[C@H](NC)C(=O)Nc1ccc(COC(=O)N(CC=O)CC(=O)N2CC(CCl)c3c2cc(OP(=O)(O)O)c2ccccc32)cc1. The van der Waals surface area contributed by atoms with Crippen molar-refractivity contribution in [3.8, 4) is 5.75 Å². The molecule has 258 valence electrons. The molecule has 0 saturated heterocycles. The number of phosphoric acid groups is 1. The molecule has 0 saturated carbocycles. The predicted molar refractivity (Wildman–Crippen MR) is 181 cm³/mol. The normalized spacial score (nSPS) is 14.7. The van der Waals surface area contributed by atoms with Crippen LogP contribution in [0.2, 0.25) is 0 Å². The second kappa shape index (κ2) is 16.9. The van der Waals surface area contributed by atoms with Gasteiger partial charge in [0.1, 0.15) is 25.2 Å². The van der Waals surface area contributed by atoms with Gasteiger partial charge >= 0.3 is 13.9 Å². The minimum absolute atomic E-state index is 0.119. The van der Waals surface area contributed by atoms with E-state index in [-0.39, 0.29) is 42.6 Å². The summed E-state index contributed by atoms with van der Waals surface area (Å²) in [5.41, 5.74) is 2.21. The third-order valence-corrected chi connectivity index (χ3v) is 8.69. The second-order valence-electron chi connectivity index (χ2n) is 11.2. The molecule has 0 fully saturated rings. The van der Waals surface area contributed by atoms with Gasteiger partial charge in [-0.15, -0.1) is 11.6 Å². The first kappa shape index (κ1) is 36.8. The van der Waals surface area contributed by atoms with Crippen LogP contribution in [0.15, 0.2) is 54.6 Å². The molecule has 1 aliphatic rings. The standard InChI is InChI=1S/C32H39ClN5O9P/c1-34-13-5-8-26(35-2)31(41)36-23-11-9-21(10-12-23)20-46-32(42)37(14-15-39)19-29(40)38-18-22(17-33)30-25-7-4-3-6-24(25)28(16-27(30)38)47-48(43,44)45/h3-4,6-7,9-12,15-16,22,26,34-35H,5,8,13-14,17-20H2,1-2H3,(H,36,41)(H2,43,44,45)/t22?,26-/m0/s1. The summed E-state index contributed by atoms with van der Waals surface area (Å²) in [6.45, 7) is -0.151. The van der Waals surface area contributed by atoms with E-state index in [0.717, 1.165) is 17.9 Å². The molecule has 3 aromatic carbocycles. The Labute approximate surface area is 282 Å². The van der Waals surface area contributed by atoms with Crippen LogP contribution >= 0.6 is 19.4 Å². The number of alkyl halides is 1. The zero-order valence-electron chi connectivity index (χ0n) is 26.6. The zero-order valence-corrected chi connectivity index (χ0v) is 28.2. The number of carbonyl (C=O) groups is 4. The van der Waals surface area contributed by atoms with Crippen LogP contribution in [0.5, 0.6) is 5.75 Å². The number of fused-ring (bicyclic) bond motifs is 3. The van der Waals surface area contributed by atoms with Gasteiger partial charge in [-0.05, 0) is 62.1 Å². The number of ether oxygens (including phenoxy) is 1. The summed E-state index contributed by atoms with van der Waals surface area (Å²) in [5.74, 6) is -1.02. The number of phosphoric ester groups is 1. The summed E-state index contributed by atoms with van der Waals surface area (Å²) in [7, 11) is -1.36. The van der Waals surface area contributed by atoms with Crippen LogP contribution in [0.4, 0.5) is 16.2 Å². The van der Waals surface area contributed by atoms with E-state index in [2.05, 4.69) is 16.0 Å². The van der Waals surface area contributed by atoms with Crippen molar-refractivity contribution in [1.82, 2.24) is 15.5 Å². The van der Waals surface area contributed by atoms with E-state index in [4.69, 9.17) is 20.9 Å². The van der Waals surface area contributed by atoms with Gasteiger partial charge < -0.3 is 34.9 Å². The fourth-order valence-electron chi connectivity index (χ4n) is 5.56. The van der Waals surface area contributed by atoms with Crippen molar-refractivity contribution in [2.24, 2.45) is 0 Å². The average Bonchev–Trinajstić information content (AvgIpc) is 3.44. The molecular weight excluding hydrogens is 665 g/mol. The molecule has 14 nitrogen and oxygen atoms in total. The minimum Gasteiger partial charge on any atom is -0.445 e. The van der Waals surface area contributed by atoms with Gasteiger partial charge in [0.15, 0.2) is 0 Å². The molecule has 0 bridgehead atoms. The lowest BCUT2D eigenvalue weighted by atomic mass is 9.95. The molecule has 0 aromatic heterocycles. The molecule has 0 radical (unpaired) electrons. The maximum absolute atomic E-state index is 13.6. The number of amides is 3. The van der Waals surface area contributed by atoms with Gasteiger partial charge in [0.05, 0.1) is 18.3 Å². The fraction of sp³-hybridized carbons (Fsp3) is 0.375. The first-order valence-electron chi connectivity index (χ1n) is 15.2. The van der Waals surface area contributed by atoms with Gasteiger partial charge in [-0.1, -0.05) is 36.4 Å². The van der Waals surface area contributed by atoms with Crippen LogP contribution in [-0.2, 0) is 30.3 Å². The lowest BCUT2D eigenvalue weighted by Gasteiger charge is -2.24.